The Bertz CT molecular complexity index is 672. The van der Waals surface area contributed by atoms with Crippen molar-refractivity contribution in [3.8, 4) is 0 Å². The molecular formula is C16H22N2O4S. The molecular weight excluding hydrogens is 316 g/mol. The summed E-state index contributed by atoms with van der Waals surface area (Å²) in [5.41, 5.74) is 0.748. The normalized spacial score (nSPS) is 23.4. The first-order valence-electron chi connectivity index (χ1n) is 8.04. The van der Waals surface area contributed by atoms with Crippen LogP contribution in [0.5, 0.6) is 0 Å². The zero-order valence-electron chi connectivity index (χ0n) is 13.0. The van der Waals surface area contributed by atoms with Crippen LogP contribution in [0, 0.1) is 5.92 Å². The van der Waals surface area contributed by atoms with Crippen LogP contribution < -0.4 is 4.90 Å². The second-order valence-corrected chi connectivity index (χ2v) is 8.13. The SMILES string of the molecule is O=C1CCCN1c1ccc(S(=O)(=O)N2CCCC(CO)C2)cc1. The lowest BCUT2D eigenvalue weighted by molar-refractivity contribution is -0.117. The molecule has 1 aromatic rings. The first-order chi connectivity index (χ1) is 11.0. The third kappa shape index (κ3) is 3.27. The molecule has 0 saturated carbocycles. The number of aliphatic hydroxyl groups excluding tert-OH is 1. The highest BCUT2D eigenvalue weighted by Crippen LogP contribution is 2.26. The molecule has 126 valence electrons. The molecule has 1 N–H and O–H groups in total. The summed E-state index contributed by atoms with van der Waals surface area (Å²) in [6.45, 7) is 1.56. The lowest BCUT2D eigenvalue weighted by Crippen LogP contribution is -2.40. The summed E-state index contributed by atoms with van der Waals surface area (Å²) in [5, 5.41) is 9.27. The Labute approximate surface area is 136 Å². The predicted molar refractivity (Wildman–Crippen MR) is 86.6 cm³/mol. The molecule has 7 heteroatoms. The summed E-state index contributed by atoms with van der Waals surface area (Å²) < 4.78 is 26.9. The van der Waals surface area contributed by atoms with Crippen LogP contribution in [0.25, 0.3) is 0 Å². The number of sulfonamides is 1. The molecule has 0 radical (unpaired) electrons. The molecule has 2 heterocycles. The topological polar surface area (TPSA) is 77.9 Å². The van der Waals surface area contributed by atoms with Crippen LogP contribution in [-0.4, -0.2) is 50.0 Å². The van der Waals surface area contributed by atoms with Gasteiger partial charge in [-0.25, -0.2) is 8.42 Å². The van der Waals surface area contributed by atoms with E-state index in [1.54, 1.807) is 29.2 Å². The molecule has 0 bridgehead atoms. The highest BCUT2D eigenvalue weighted by molar-refractivity contribution is 7.89. The number of aliphatic hydroxyl groups is 1. The highest BCUT2D eigenvalue weighted by Gasteiger charge is 2.30. The van der Waals surface area contributed by atoms with Crippen molar-refractivity contribution in [1.29, 1.82) is 0 Å². The van der Waals surface area contributed by atoms with Crippen molar-refractivity contribution < 1.29 is 18.3 Å². The minimum absolute atomic E-state index is 0.0139. The van der Waals surface area contributed by atoms with Crippen molar-refractivity contribution in [2.24, 2.45) is 5.92 Å². The number of rotatable bonds is 4. The summed E-state index contributed by atoms with van der Waals surface area (Å²) in [6.07, 6.45) is 3.02. The molecule has 2 aliphatic heterocycles. The Hall–Kier alpha value is -1.44. The average Bonchev–Trinajstić information content (AvgIpc) is 3.01. The molecule has 1 atom stereocenters. The van der Waals surface area contributed by atoms with E-state index in [1.807, 2.05) is 0 Å². The van der Waals surface area contributed by atoms with Gasteiger partial charge in [-0.3, -0.25) is 4.79 Å². The Morgan fingerprint density at radius 1 is 1.13 bits per heavy atom. The van der Waals surface area contributed by atoms with Gasteiger partial charge >= 0.3 is 0 Å². The Morgan fingerprint density at radius 2 is 1.87 bits per heavy atom. The Kier molecular flexibility index (Phi) is 4.70. The Balaban J connectivity index is 1.79. The van der Waals surface area contributed by atoms with Crippen LogP contribution in [-0.2, 0) is 14.8 Å². The first kappa shape index (κ1) is 16.4. The van der Waals surface area contributed by atoms with E-state index in [4.69, 9.17) is 0 Å². The van der Waals surface area contributed by atoms with E-state index in [-0.39, 0.29) is 23.3 Å². The van der Waals surface area contributed by atoms with Crippen LogP contribution in [0.15, 0.2) is 29.2 Å². The van der Waals surface area contributed by atoms with Crippen molar-refractivity contribution in [2.45, 2.75) is 30.6 Å². The molecule has 1 amide bonds. The van der Waals surface area contributed by atoms with Gasteiger partial charge in [0, 0.05) is 38.3 Å². The molecule has 0 aliphatic carbocycles. The van der Waals surface area contributed by atoms with Gasteiger partial charge in [-0.05, 0) is 49.4 Å². The smallest absolute Gasteiger partial charge is 0.243 e. The number of hydrogen-bond acceptors (Lipinski definition) is 4. The first-order valence-corrected chi connectivity index (χ1v) is 9.48. The van der Waals surface area contributed by atoms with E-state index >= 15 is 0 Å². The maximum Gasteiger partial charge on any atom is 0.243 e. The summed E-state index contributed by atoms with van der Waals surface area (Å²) in [7, 11) is -3.54. The molecule has 23 heavy (non-hydrogen) atoms. The van der Waals surface area contributed by atoms with E-state index in [1.165, 1.54) is 4.31 Å². The molecule has 3 rings (SSSR count). The summed E-state index contributed by atoms with van der Waals surface area (Å²) in [4.78, 5) is 13.7. The van der Waals surface area contributed by atoms with Gasteiger partial charge in [0.25, 0.3) is 0 Å². The number of hydrogen-bond donors (Lipinski definition) is 1. The van der Waals surface area contributed by atoms with Gasteiger partial charge in [0.05, 0.1) is 4.90 Å². The molecule has 0 spiro atoms. The zero-order valence-corrected chi connectivity index (χ0v) is 13.8. The van der Waals surface area contributed by atoms with Gasteiger partial charge in [0.1, 0.15) is 0 Å². The minimum atomic E-state index is -3.54. The number of carbonyl (C=O) groups is 1. The van der Waals surface area contributed by atoms with Crippen LogP contribution >= 0.6 is 0 Å². The van der Waals surface area contributed by atoms with Gasteiger partial charge in [0.2, 0.25) is 15.9 Å². The third-order valence-corrected chi connectivity index (χ3v) is 6.48. The molecule has 1 aromatic carbocycles. The fourth-order valence-electron chi connectivity index (χ4n) is 3.26. The summed E-state index contributed by atoms with van der Waals surface area (Å²) in [5.74, 6) is 0.0995. The van der Waals surface area contributed by atoms with E-state index < -0.39 is 10.0 Å². The van der Waals surface area contributed by atoms with Crippen LogP contribution in [0.2, 0.25) is 0 Å². The number of piperidine rings is 1. The molecule has 2 fully saturated rings. The largest absolute Gasteiger partial charge is 0.396 e. The fourth-order valence-corrected chi connectivity index (χ4v) is 4.82. The number of benzene rings is 1. The zero-order chi connectivity index (χ0) is 16.4. The molecule has 6 nitrogen and oxygen atoms in total. The Morgan fingerprint density at radius 3 is 2.48 bits per heavy atom. The second kappa shape index (κ2) is 6.59. The summed E-state index contributed by atoms with van der Waals surface area (Å²) in [6, 6.07) is 6.53. The average molecular weight is 338 g/mol. The lowest BCUT2D eigenvalue weighted by atomic mass is 10.0. The second-order valence-electron chi connectivity index (χ2n) is 6.20. The molecule has 0 aromatic heterocycles. The predicted octanol–water partition coefficient (Wildman–Crippen LogP) is 1.21. The quantitative estimate of drug-likeness (QED) is 0.895. The van der Waals surface area contributed by atoms with E-state index in [0.717, 1.165) is 24.9 Å². The number of carbonyl (C=O) groups excluding carboxylic acids is 1. The van der Waals surface area contributed by atoms with Crippen LogP contribution in [0.1, 0.15) is 25.7 Å². The van der Waals surface area contributed by atoms with Crippen molar-refractivity contribution in [1.82, 2.24) is 4.31 Å². The monoisotopic (exact) mass is 338 g/mol. The van der Waals surface area contributed by atoms with Crippen molar-refractivity contribution in [3.05, 3.63) is 24.3 Å². The van der Waals surface area contributed by atoms with Gasteiger partial charge in [-0.15, -0.1) is 0 Å². The summed E-state index contributed by atoms with van der Waals surface area (Å²) >= 11 is 0. The minimum Gasteiger partial charge on any atom is -0.396 e. The van der Waals surface area contributed by atoms with Gasteiger partial charge in [0.15, 0.2) is 0 Å². The van der Waals surface area contributed by atoms with E-state index in [2.05, 4.69) is 0 Å². The van der Waals surface area contributed by atoms with Gasteiger partial charge < -0.3 is 10.0 Å². The molecule has 1 unspecified atom stereocenters. The van der Waals surface area contributed by atoms with Crippen LogP contribution in [0.4, 0.5) is 5.69 Å². The van der Waals surface area contributed by atoms with Crippen molar-refractivity contribution in [3.63, 3.8) is 0 Å². The molecule has 2 aliphatic rings. The van der Waals surface area contributed by atoms with Crippen molar-refractivity contribution >= 4 is 21.6 Å². The fraction of sp³-hybridized carbons (Fsp3) is 0.562. The van der Waals surface area contributed by atoms with E-state index in [0.29, 0.717) is 26.1 Å². The standard InChI is InChI=1S/C16H22N2O4S/c19-12-13-3-1-9-17(11-13)23(21,22)15-7-5-14(6-8-15)18-10-2-4-16(18)20/h5-8,13,19H,1-4,9-12H2. The number of nitrogens with zero attached hydrogens (tertiary/aromatic N) is 2. The molecule has 2 saturated heterocycles. The maximum atomic E-state index is 12.7. The third-order valence-electron chi connectivity index (χ3n) is 4.60. The highest BCUT2D eigenvalue weighted by atomic mass is 32.2. The maximum absolute atomic E-state index is 12.7. The van der Waals surface area contributed by atoms with Crippen LogP contribution in [0.3, 0.4) is 0 Å². The van der Waals surface area contributed by atoms with Gasteiger partial charge in [-0.2, -0.15) is 4.31 Å². The van der Waals surface area contributed by atoms with Gasteiger partial charge in [-0.1, -0.05) is 0 Å². The lowest BCUT2D eigenvalue weighted by Gasteiger charge is -2.31. The number of anilines is 1. The number of amides is 1. The van der Waals surface area contributed by atoms with Crippen molar-refractivity contribution in [2.75, 3.05) is 31.1 Å². The van der Waals surface area contributed by atoms with E-state index in [9.17, 15) is 18.3 Å².